The Labute approximate surface area is 136 Å². The summed E-state index contributed by atoms with van der Waals surface area (Å²) in [7, 11) is 1.87. The van der Waals surface area contributed by atoms with Crippen LogP contribution in [0.5, 0.6) is 0 Å². The molecule has 0 aliphatic rings. The molecular weight excluding hydrogens is 298 g/mol. The normalized spacial score (nSPS) is 11.3. The van der Waals surface area contributed by atoms with Crippen LogP contribution in [0.25, 0.3) is 6.08 Å². The predicted molar refractivity (Wildman–Crippen MR) is 89.4 cm³/mol. The molecule has 4 nitrogen and oxygen atoms in total. The van der Waals surface area contributed by atoms with Crippen LogP contribution in [0.1, 0.15) is 25.0 Å². The van der Waals surface area contributed by atoms with Gasteiger partial charge in [0.2, 0.25) is 5.91 Å². The van der Waals surface area contributed by atoms with Gasteiger partial charge in [0, 0.05) is 42.5 Å². The molecule has 0 radical (unpaired) electrons. The number of carbonyl (C=O) groups is 1. The molecule has 1 amide bonds. The number of amides is 1. The number of hydrogen-bond acceptors (Lipinski definition) is 2. The molecule has 1 heterocycles. The van der Waals surface area contributed by atoms with Gasteiger partial charge in [0.25, 0.3) is 0 Å². The summed E-state index contributed by atoms with van der Waals surface area (Å²) in [6.45, 7) is 4.55. The summed E-state index contributed by atoms with van der Waals surface area (Å²) in [6, 6.07) is 7.52. The molecule has 2 rings (SSSR count). The van der Waals surface area contributed by atoms with Gasteiger partial charge in [-0.25, -0.2) is 0 Å². The van der Waals surface area contributed by atoms with E-state index in [9.17, 15) is 4.79 Å². The zero-order valence-electron chi connectivity index (χ0n) is 13.0. The van der Waals surface area contributed by atoms with Crippen molar-refractivity contribution in [2.45, 2.75) is 26.4 Å². The van der Waals surface area contributed by atoms with Crippen molar-refractivity contribution in [3.05, 3.63) is 58.9 Å². The number of rotatable bonds is 5. The Kier molecular flexibility index (Phi) is 5.39. The zero-order chi connectivity index (χ0) is 16.1. The molecule has 2 aromatic rings. The van der Waals surface area contributed by atoms with Crippen molar-refractivity contribution in [2.24, 2.45) is 7.05 Å². The van der Waals surface area contributed by atoms with E-state index in [1.807, 2.05) is 51.4 Å². The summed E-state index contributed by atoms with van der Waals surface area (Å²) in [5, 5.41) is 4.80. The average Bonchev–Trinajstić information content (AvgIpc) is 2.87. The molecule has 116 valence electrons. The first-order valence-corrected chi connectivity index (χ1v) is 7.55. The highest BCUT2D eigenvalue weighted by atomic mass is 35.5. The third-order valence-corrected chi connectivity index (χ3v) is 3.52. The summed E-state index contributed by atoms with van der Waals surface area (Å²) in [5.74, 6) is -0.0289. The highest BCUT2D eigenvalue weighted by molar-refractivity contribution is 6.30. The molecule has 5 heteroatoms. The summed E-state index contributed by atoms with van der Waals surface area (Å²) in [4.78, 5) is 14.2. The van der Waals surface area contributed by atoms with E-state index in [1.165, 1.54) is 0 Å². The molecule has 0 saturated heterocycles. The van der Waals surface area contributed by atoms with E-state index in [2.05, 4.69) is 5.10 Å². The molecule has 0 bridgehead atoms. The van der Waals surface area contributed by atoms with Crippen LogP contribution in [0.3, 0.4) is 0 Å². The van der Waals surface area contributed by atoms with Crippen molar-refractivity contribution in [2.75, 3.05) is 0 Å². The van der Waals surface area contributed by atoms with Crippen molar-refractivity contribution in [1.82, 2.24) is 14.7 Å². The van der Waals surface area contributed by atoms with E-state index < -0.39 is 0 Å². The third kappa shape index (κ3) is 4.46. The highest BCUT2D eigenvalue weighted by Gasteiger charge is 2.15. The molecular formula is C17H20ClN3O. The minimum absolute atomic E-state index is 0.0289. The van der Waals surface area contributed by atoms with Crippen molar-refractivity contribution in [1.29, 1.82) is 0 Å². The van der Waals surface area contributed by atoms with Gasteiger partial charge < -0.3 is 4.90 Å². The fraction of sp³-hybridized carbons (Fsp3) is 0.294. The van der Waals surface area contributed by atoms with E-state index in [0.29, 0.717) is 11.6 Å². The Hall–Kier alpha value is -2.07. The van der Waals surface area contributed by atoms with Crippen molar-refractivity contribution >= 4 is 23.6 Å². The Morgan fingerprint density at radius 1 is 1.45 bits per heavy atom. The lowest BCUT2D eigenvalue weighted by atomic mass is 10.2. The molecule has 1 aromatic heterocycles. The van der Waals surface area contributed by atoms with Crippen molar-refractivity contribution in [3.63, 3.8) is 0 Å². The Balaban J connectivity index is 2.09. The summed E-state index contributed by atoms with van der Waals surface area (Å²) in [6.07, 6.45) is 7.07. The van der Waals surface area contributed by atoms with Gasteiger partial charge in [-0.3, -0.25) is 9.48 Å². The van der Waals surface area contributed by atoms with Crippen LogP contribution >= 0.6 is 11.6 Å². The quantitative estimate of drug-likeness (QED) is 0.791. The maximum absolute atomic E-state index is 12.4. The minimum atomic E-state index is -0.0289. The first-order valence-electron chi connectivity index (χ1n) is 7.17. The first-order chi connectivity index (χ1) is 10.5. The molecule has 1 aromatic carbocycles. The van der Waals surface area contributed by atoms with Gasteiger partial charge >= 0.3 is 0 Å². The highest BCUT2D eigenvalue weighted by Crippen LogP contribution is 2.13. The molecule has 0 saturated carbocycles. The molecule has 22 heavy (non-hydrogen) atoms. The van der Waals surface area contributed by atoms with E-state index in [1.54, 1.807) is 27.9 Å². The van der Waals surface area contributed by atoms with Gasteiger partial charge in [0.1, 0.15) is 0 Å². The van der Waals surface area contributed by atoms with Gasteiger partial charge in [-0.1, -0.05) is 23.7 Å². The monoisotopic (exact) mass is 317 g/mol. The average molecular weight is 318 g/mol. The number of aromatic nitrogens is 2. The van der Waals surface area contributed by atoms with Gasteiger partial charge in [-0.05, 0) is 37.6 Å². The second-order valence-corrected chi connectivity index (χ2v) is 5.91. The van der Waals surface area contributed by atoms with Crippen LogP contribution < -0.4 is 0 Å². The van der Waals surface area contributed by atoms with Gasteiger partial charge in [-0.15, -0.1) is 0 Å². The molecule has 0 spiro atoms. The third-order valence-electron chi connectivity index (χ3n) is 3.28. The van der Waals surface area contributed by atoms with Crippen LogP contribution in [0.15, 0.2) is 42.7 Å². The second-order valence-electron chi connectivity index (χ2n) is 5.47. The standard InChI is InChI=1S/C17H20ClN3O/c1-13(2)21(12-15-10-19-20(3)11-15)17(22)8-7-14-5-4-6-16(18)9-14/h4-11,13H,12H2,1-3H3. The SMILES string of the molecule is CC(C)N(Cc1cnn(C)c1)C(=O)C=Cc1cccc(Cl)c1. The Morgan fingerprint density at radius 3 is 2.82 bits per heavy atom. The van der Waals surface area contributed by atoms with E-state index >= 15 is 0 Å². The van der Waals surface area contributed by atoms with Gasteiger partial charge in [-0.2, -0.15) is 5.10 Å². The maximum Gasteiger partial charge on any atom is 0.247 e. The lowest BCUT2D eigenvalue weighted by Crippen LogP contribution is -2.35. The molecule has 0 aliphatic carbocycles. The van der Waals surface area contributed by atoms with Gasteiger partial charge in [0.15, 0.2) is 0 Å². The number of nitrogens with zero attached hydrogens (tertiary/aromatic N) is 3. The fourth-order valence-electron chi connectivity index (χ4n) is 2.14. The smallest absolute Gasteiger partial charge is 0.247 e. The van der Waals surface area contributed by atoms with Crippen LogP contribution in [-0.4, -0.2) is 26.6 Å². The number of benzene rings is 1. The number of aryl methyl sites for hydroxylation is 1. The lowest BCUT2D eigenvalue weighted by molar-refractivity contribution is -0.128. The summed E-state index contributed by atoms with van der Waals surface area (Å²) in [5.41, 5.74) is 1.92. The summed E-state index contributed by atoms with van der Waals surface area (Å²) < 4.78 is 1.74. The van der Waals surface area contributed by atoms with Crippen molar-refractivity contribution < 1.29 is 4.79 Å². The van der Waals surface area contributed by atoms with Crippen LogP contribution in [0.4, 0.5) is 0 Å². The van der Waals surface area contributed by atoms with Crippen LogP contribution in [0, 0.1) is 0 Å². The van der Waals surface area contributed by atoms with Crippen LogP contribution in [-0.2, 0) is 18.4 Å². The van der Waals surface area contributed by atoms with Gasteiger partial charge in [0.05, 0.1) is 6.20 Å². The number of carbonyl (C=O) groups excluding carboxylic acids is 1. The van der Waals surface area contributed by atoms with Crippen LogP contribution in [0.2, 0.25) is 5.02 Å². The number of halogens is 1. The van der Waals surface area contributed by atoms with E-state index in [0.717, 1.165) is 11.1 Å². The maximum atomic E-state index is 12.4. The predicted octanol–water partition coefficient (Wildman–Crippen LogP) is 3.52. The first kappa shape index (κ1) is 16.3. The Morgan fingerprint density at radius 2 is 2.23 bits per heavy atom. The molecule has 0 unspecified atom stereocenters. The Bertz CT molecular complexity index is 676. The van der Waals surface area contributed by atoms with E-state index in [-0.39, 0.29) is 11.9 Å². The molecule has 0 fully saturated rings. The van der Waals surface area contributed by atoms with Crippen molar-refractivity contribution in [3.8, 4) is 0 Å². The second kappa shape index (κ2) is 7.27. The number of hydrogen-bond donors (Lipinski definition) is 0. The lowest BCUT2D eigenvalue weighted by Gasteiger charge is -2.25. The molecule has 0 N–H and O–H groups in total. The minimum Gasteiger partial charge on any atom is -0.332 e. The molecule has 0 aliphatic heterocycles. The zero-order valence-corrected chi connectivity index (χ0v) is 13.8. The van der Waals surface area contributed by atoms with E-state index in [4.69, 9.17) is 11.6 Å². The summed E-state index contributed by atoms with van der Waals surface area (Å²) >= 11 is 5.94. The molecule has 0 atom stereocenters. The largest absolute Gasteiger partial charge is 0.332 e. The fourth-order valence-corrected chi connectivity index (χ4v) is 2.34. The topological polar surface area (TPSA) is 38.1 Å².